The van der Waals surface area contributed by atoms with Crippen LogP contribution in [-0.4, -0.2) is 40.0 Å². The lowest BCUT2D eigenvalue weighted by Crippen LogP contribution is -2.53. The van der Waals surface area contributed by atoms with Gasteiger partial charge < -0.3 is 15.7 Å². The van der Waals surface area contributed by atoms with Crippen LogP contribution in [0, 0.1) is 0 Å². The Labute approximate surface area is 115 Å². The van der Waals surface area contributed by atoms with E-state index in [1.165, 1.54) is 0 Å². The van der Waals surface area contributed by atoms with E-state index in [0.717, 1.165) is 25.7 Å². The predicted octanol–water partition coefficient (Wildman–Crippen LogP) is 1.75. The van der Waals surface area contributed by atoms with E-state index in [2.05, 4.69) is 0 Å². The molecule has 0 aliphatic carbocycles. The first kappa shape index (κ1) is 16.0. The van der Waals surface area contributed by atoms with Crippen molar-refractivity contribution < 1.29 is 14.7 Å². The van der Waals surface area contributed by atoms with Gasteiger partial charge in [0, 0.05) is 19.0 Å². The Morgan fingerprint density at radius 3 is 2.58 bits per heavy atom. The summed E-state index contributed by atoms with van der Waals surface area (Å²) >= 11 is 0. The number of rotatable bonds is 7. The second kappa shape index (κ2) is 6.89. The van der Waals surface area contributed by atoms with Crippen LogP contribution in [0.15, 0.2) is 0 Å². The number of nitrogens with zero attached hydrogens (tertiary/aromatic N) is 1. The molecule has 0 radical (unpaired) electrons. The van der Waals surface area contributed by atoms with Gasteiger partial charge in [0.05, 0.1) is 0 Å². The van der Waals surface area contributed by atoms with E-state index in [4.69, 9.17) is 5.73 Å². The summed E-state index contributed by atoms with van der Waals surface area (Å²) in [5.74, 6) is -0.974. The fraction of sp³-hybridized carbons (Fsp3) is 0.857. The molecule has 1 aliphatic heterocycles. The number of amides is 1. The molecular weight excluding hydrogens is 244 g/mol. The zero-order valence-electron chi connectivity index (χ0n) is 12.0. The smallest absolute Gasteiger partial charge is 0.329 e. The quantitative estimate of drug-likeness (QED) is 0.738. The van der Waals surface area contributed by atoms with Crippen LogP contribution in [0.3, 0.4) is 0 Å². The van der Waals surface area contributed by atoms with Crippen molar-refractivity contribution >= 4 is 11.9 Å². The van der Waals surface area contributed by atoms with Gasteiger partial charge in [-0.05, 0) is 25.7 Å². The van der Waals surface area contributed by atoms with Gasteiger partial charge in [0.1, 0.15) is 5.54 Å². The first-order chi connectivity index (χ1) is 8.97. The normalized spacial score (nSPS) is 24.5. The maximum absolute atomic E-state index is 12.3. The minimum atomic E-state index is -0.988. The van der Waals surface area contributed by atoms with Crippen molar-refractivity contribution in [3.8, 4) is 0 Å². The average molecular weight is 270 g/mol. The molecule has 1 aliphatic rings. The number of hydrogen-bond donors (Lipinski definition) is 2. The van der Waals surface area contributed by atoms with E-state index < -0.39 is 11.5 Å². The van der Waals surface area contributed by atoms with Crippen molar-refractivity contribution in [1.82, 2.24) is 4.90 Å². The highest BCUT2D eigenvalue weighted by atomic mass is 16.4. The minimum Gasteiger partial charge on any atom is -0.479 e. The highest BCUT2D eigenvalue weighted by Crippen LogP contribution is 2.34. The molecule has 1 fully saturated rings. The number of carboxylic acid groups (broad SMARTS) is 1. The summed E-state index contributed by atoms with van der Waals surface area (Å²) in [6, 6.07) is -0.161. The summed E-state index contributed by atoms with van der Waals surface area (Å²) in [6.07, 6.45) is 4.60. The highest BCUT2D eigenvalue weighted by Gasteiger charge is 2.48. The standard InChI is InChI=1S/C14H26N2O3/c1-3-6-11(15)10-12(17)16-9-5-8-14(16,7-4-2)13(18)19/h11H,3-10,15H2,1-2H3,(H,18,19). The van der Waals surface area contributed by atoms with Crippen molar-refractivity contribution in [2.75, 3.05) is 6.54 Å². The van der Waals surface area contributed by atoms with Gasteiger partial charge in [0.25, 0.3) is 0 Å². The van der Waals surface area contributed by atoms with Gasteiger partial charge in [-0.2, -0.15) is 0 Å². The van der Waals surface area contributed by atoms with Gasteiger partial charge in [0.15, 0.2) is 0 Å². The van der Waals surface area contributed by atoms with Crippen LogP contribution < -0.4 is 5.73 Å². The fourth-order valence-corrected chi connectivity index (χ4v) is 3.05. The number of aliphatic carboxylic acids is 1. The van der Waals surface area contributed by atoms with Gasteiger partial charge in [-0.3, -0.25) is 4.79 Å². The zero-order valence-corrected chi connectivity index (χ0v) is 12.0. The van der Waals surface area contributed by atoms with Crippen molar-refractivity contribution in [2.24, 2.45) is 5.73 Å². The molecule has 0 aromatic heterocycles. The second-order valence-corrected chi connectivity index (χ2v) is 5.49. The summed E-state index contributed by atoms with van der Waals surface area (Å²) in [5.41, 5.74) is 4.91. The molecule has 1 saturated heterocycles. The first-order valence-electron chi connectivity index (χ1n) is 7.27. The fourth-order valence-electron chi connectivity index (χ4n) is 3.05. The van der Waals surface area contributed by atoms with Crippen LogP contribution in [0.5, 0.6) is 0 Å². The Balaban J connectivity index is 2.79. The van der Waals surface area contributed by atoms with Crippen LogP contribution in [0.1, 0.15) is 58.8 Å². The Kier molecular flexibility index (Phi) is 5.79. The molecule has 5 nitrogen and oxygen atoms in total. The molecule has 0 aromatic rings. The average Bonchev–Trinajstić information content (AvgIpc) is 2.74. The van der Waals surface area contributed by atoms with E-state index >= 15 is 0 Å². The molecule has 0 aromatic carbocycles. The Bertz CT molecular complexity index is 333. The third-order valence-electron chi connectivity index (χ3n) is 3.95. The third-order valence-corrected chi connectivity index (χ3v) is 3.95. The lowest BCUT2D eigenvalue weighted by atomic mass is 9.90. The van der Waals surface area contributed by atoms with Crippen LogP contribution in [0.2, 0.25) is 0 Å². The second-order valence-electron chi connectivity index (χ2n) is 5.49. The molecule has 1 amide bonds. The number of likely N-dealkylation sites (tertiary alicyclic amines) is 1. The van der Waals surface area contributed by atoms with Gasteiger partial charge >= 0.3 is 5.97 Å². The highest BCUT2D eigenvalue weighted by molar-refractivity contribution is 5.88. The molecule has 1 rings (SSSR count). The number of carbonyl (C=O) groups excluding carboxylic acids is 1. The summed E-state index contributed by atoms with van der Waals surface area (Å²) in [7, 11) is 0. The topological polar surface area (TPSA) is 83.6 Å². The molecule has 2 atom stereocenters. The predicted molar refractivity (Wildman–Crippen MR) is 73.7 cm³/mol. The number of carbonyl (C=O) groups is 2. The summed E-state index contributed by atoms with van der Waals surface area (Å²) in [5, 5.41) is 9.53. The lowest BCUT2D eigenvalue weighted by molar-refractivity contribution is -0.157. The van der Waals surface area contributed by atoms with E-state index in [9.17, 15) is 14.7 Å². The zero-order chi connectivity index (χ0) is 14.5. The molecule has 1 heterocycles. The molecule has 0 saturated carbocycles. The number of hydrogen-bond acceptors (Lipinski definition) is 3. The van der Waals surface area contributed by atoms with Crippen molar-refractivity contribution in [3.63, 3.8) is 0 Å². The Morgan fingerprint density at radius 2 is 2.05 bits per heavy atom. The SMILES string of the molecule is CCCC(N)CC(=O)N1CCCC1(CCC)C(=O)O. The van der Waals surface area contributed by atoms with Crippen LogP contribution in [-0.2, 0) is 9.59 Å². The van der Waals surface area contributed by atoms with Crippen LogP contribution in [0.4, 0.5) is 0 Å². The van der Waals surface area contributed by atoms with Crippen molar-refractivity contribution in [3.05, 3.63) is 0 Å². The van der Waals surface area contributed by atoms with Gasteiger partial charge in [-0.15, -0.1) is 0 Å². The molecule has 3 N–H and O–H groups in total. The van der Waals surface area contributed by atoms with Crippen LogP contribution >= 0.6 is 0 Å². The Hall–Kier alpha value is -1.10. The maximum atomic E-state index is 12.3. The molecule has 110 valence electrons. The molecule has 0 bridgehead atoms. The van der Waals surface area contributed by atoms with Crippen molar-refractivity contribution in [2.45, 2.75) is 70.4 Å². The minimum absolute atomic E-state index is 0.102. The molecular formula is C14H26N2O3. The van der Waals surface area contributed by atoms with E-state index in [1.807, 2.05) is 13.8 Å². The summed E-state index contributed by atoms with van der Waals surface area (Å²) < 4.78 is 0. The molecule has 0 spiro atoms. The van der Waals surface area contributed by atoms with E-state index in [-0.39, 0.29) is 18.4 Å². The van der Waals surface area contributed by atoms with Gasteiger partial charge in [-0.25, -0.2) is 4.79 Å². The summed E-state index contributed by atoms with van der Waals surface area (Å²) in [4.78, 5) is 25.5. The number of nitrogens with two attached hydrogens (primary N) is 1. The van der Waals surface area contributed by atoms with E-state index in [0.29, 0.717) is 19.4 Å². The Morgan fingerprint density at radius 1 is 1.37 bits per heavy atom. The van der Waals surface area contributed by atoms with Gasteiger partial charge in [0.2, 0.25) is 5.91 Å². The monoisotopic (exact) mass is 270 g/mol. The molecule has 5 heteroatoms. The maximum Gasteiger partial charge on any atom is 0.329 e. The summed E-state index contributed by atoms with van der Waals surface area (Å²) in [6.45, 7) is 4.53. The van der Waals surface area contributed by atoms with E-state index in [1.54, 1.807) is 4.90 Å². The molecule has 19 heavy (non-hydrogen) atoms. The van der Waals surface area contributed by atoms with Crippen molar-refractivity contribution in [1.29, 1.82) is 0 Å². The van der Waals surface area contributed by atoms with Gasteiger partial charge in [-0.1, -0.05) is 26.7 Å². The van der Waals surface area contributed by atoms with Crippen LogP contribution in [0.25, 0.3) is 0 Å². The number of carboxylic acids is 1. The molecule has 2 unspecified atom stereocenters. The lowest BCUT2D eigenvalue weighted by Gasteiger charge is -2.35. The first-order valence-corrected chi connectivity index (χ1v) is 7.27. The largest absolute Gasteiger partial charge is 0.479 e. The third kappa shape index (κ3) is 3.47.